The van der Waals surface area contributed by atoms with Gasteiger partial charge in [0.05, 0.1) is 6.61 Å². The number of amides is 1. The van der Waals surface area contributed by atoms with E-state index in [9.17, 15) is 4.79 Å². The summed E-state index contributed by atoms with van der Waals surface area (Å²) >= 11 is 0. The Balaban J connectivity index is 1.53. The van der Waals surface area contributed by atoms with Crippen molar-refractivity contribution in [2.24, 2.45) is 4.99 Å². The quantitative estimate of drug-likeness (QED) is 0.515. The number of nitrogens with one attached hydrogen (secondary N) is 3. The van der Waals surface area contributed by atoms with Crippen LogP contribution in [-0.4, -0.2) is 60.8 Å². The fourth-order valence-electron chi connectivity index (χ4n) is 3.73. The summed E-state index contributed by atoms with van der Waals surface area (Å²) in [6.45, 7) is 9.40. The summed E-state index contributed by atoms with van der Waals surface area (Å²) in [6, 6.07) is 6.82. The molecule has 1 amide bonds. The van der Waals surface area contributed by atoms with E-state index in [1.165, 1.54) is 22.0 Å². The van der Waals surface area contributed by atoms with Crippen LogP contribution in [0.2, 0.25) is 0 Å². The zero-order valence-corrected chi connectivity index (χ0v) is 17.8. The number of benzene rings is 1. The highest BCUT2D eigenvalue weighted by molar-refractivity contribution is 5.84. The summed E-state index contributed by atoms with van der Waals surface area (Å²) in [6.07, 6.45) is 4.56. The lowest BCUT2D eigenvalue weighted by atomic mass is 10.1. The number of carbonyl (C=O) groups is 1. The number of aryl methyl sites for hydroxylation is 1. The lowest BCUT2D eigenvalue weighted by Crippen LogP contribution is -2.50. The van der Waals surface area contributed by atoms with E-state index < -0.39 is 0 Å². The number of rotatable bonds is 6. The Kier molecular flexibility index (Phi) is 7.38. The third-order valence-corrected chi connectivity index (χ3v) is 5.28. The molecule has 7 heteroatoms. The number of nitrogens with zero attached hydrogens (tertiary/aromatic N) is 2. The molecule has 1 aromatic heterocycles. The minimum absolute atomic E-state index is 0.208. The average Bonchev–Trinajstić information content (AvgIpc) is 3.11. The van der Waals surface area contributed by atoms with Crippen molar-refractivity contribution in [1.29, 1.82) is 0 Å². The number of guanidine groups is 1. The highest BCUT2D eigenvalue weighted by atomic mass is 16.6. The van der Waals surface area contributed by atoms with E-state index in [-0.39, 0.29) is 6.09 Å². The van der Waals surface area contributed by atoms with Crippen molar-refractivity contribution in [3.63, 3.8) is 0 Å². The summed E-state index contributed by atoms with van der Waals surface area (Å²) < 4.78 is 5.09. The molecule has 3 N–H and O–H groups in total. The van der Waals surface area contributed by atoms with Crippen LogP contribution in [0, 0.1) is 6.92 Å². The maximum Gasteiger partial charge on any atom is 0.409 e. The van der Waals surface area contributed by atoms with Gasteiger partial charge in [-0.3, -0.25) is 4.99 Å². The van der Waals surface area contributed by atoms with Crippen molar-refractivity contribution in [1.82, 2.24) is 20.5 Å². The Labute approximate surface area is 172 Å². The summed E-state index contributed by atoms with van der Waals surface area (Å²) in [4.78, 5) is 21.7. The maximum atomic E-state index is 11.8. The molecule has 3 rings (SSSR count). The van der Waals surface area contributed by atoms with Crippen LogP contribution in [0.25, 0.3) is 10.9 Å². The van der Waals surface area contributed by atoms with Gasteiger partial charge in [0.1, 0.15) is 0 Å². The fraction of sp³-hybridized carbons (Fsp3) is 0.545. The molecule has 29 heavy (non-hydrogen) atoms. The Bertz CT molecular complexity index is 837. The van der Waals surface area contributed by atoms with Crippen molar-refractivity contribution in [2.75, 3.05) is 32.8 Å². The summed E-state index contributed by atoms with van der Waals surface area (Å²) in [5.74, 6) is 0.845. The largest absolute Gasteiger partial charge is 0.450 e. The lowest BCUT2D eigenvalue weighted by molar-refractivity contribution is 0.0963. The zero-order chi connectivity index (χ0) is 20.6. The van der Waals surface area contributed by atoms with Crippen LogP contribution in [0.4, 0.5) is 4.79 Å². The second-order valence-electron chi connectivity index (χ2n) is 7.48. The number of H-pyrrole nitrogens is 1. The topological polar surface area (TPSA) is 81.8 Å². The molecule has 158 valence electrons. The van der Waals surface area contributed by atoms with Crippen molar-refractivity contribution in [3.8, 4) is 0 Å². The number of carbonyl (C=O) groups excluding carboxylic acids is 1. The molecule has 0 bridgehead atoms. The zero-order valence-electron chi connectivity index (χ0n) is 17.8. The number of aliphatic imine (C=N–C) groups is 1. The highest BCUT2D eigenvalue weighted by Crippen LogP contribution is 2.20. The number of hydrogen-bond acceptors (Lipinski definition) is 3. The molecule has 0 aliphatic carbocycles. The number of piperidine rings is 1. The lowest BCUT2D eigenvalue weighted by Gasteiger charge is -2.32. The highest BCUT2D eigenvalue weighted by Gasteiger charge is 2.24. The molecule has 0 unspecified atom stereocenters. The summed E-state index contributed by atoms with van der Waals surface area (Å²) in [5, 5.41) is 8.13. The van der Waals surface area contributed by atoms with Crippen LogP contribution in [-0.2, 0) is 11.2 Å². The van der Waals surface area contributed by atoms with Gasteiger partial charge < -0.3 is 25.3 Å². The van der Waals surface area contributed by atoms with Crippen LogP contribution in [0.15, 0.2) is 29.4 Å². The van der Waals surface area contributed by atoms with Gasteiger partial charge in [-0.15, -0.1) is 0 Å². The van der Waals surface area contributed by atoms with Gasteiger partial charge in [0, 0.05) is 49.3 Å². The number of ether oxygens (including phenoxy) is 1. The predicted molar refractivity (Wildman–Crippen MR) is 117 cm³/mol. The van der Waals surface area contributed by atoms with Gasteiger partial charge in [0.2, 0.25) is 0 Å². The maximum absolute atomic E-state index is 11.8. The van der Waals surface area contributed by atoms with Gasteiger partial charge in [-0.05, 0) is 57.2 Å². The molecule has 0 saturated carbocycles. The minimum Gasteiger partial charge on any atom is -0.450 e. The van der Waals surface area contributed by atoms with Crippen LogP contribution in [0.5, 0.6) is 0 Å². The fourth-order valence-corrected chi connectivity index (χ4v) is 3.73. The van der Waals surface area contributed by atoms with Gasteiger partial charge >= 0.3 is 6.09 Å². The van der Waals surface area contributed by atoms with E-state index in [4.69, 9.17) is 9.73 Å². The number of fused-ring (bicyclic) bond motifs is 1. The van der Waals surface area contributed by atoms with E-state index in [1.807, 2.05) is 6.92 Å². The normalized spacial score (nSPS) is 15.6. The van der Waals surface area contributed by atoms with Crippen molar-refractivity contribution >= 4 is 23.0 Å². The van der Waals surface area contributed by atoms with E-state index in [0.29, 0.717) is 25.7 Å². The van der Waals surface area contributed by atoms with E-state index in [1.54, 1.807) is 4.90 Å². The number of likely N-dealkylation sites (tertiary alicyclic amines) is 1. The average molecular weight is 400 g/mol. The summed E-state index contributed by atoms with van der Waals surface area (Å²) in [7, 11) is 0. The van der Waals surface area contributed by atoms with Crippen LogP contribution in [0.1, 0.15) is 37.8 Å². The van der Waals surface area contributed by atoms with Gasteiger partial charge in [-0.25, -0.2) is 4.79 Å². The molecule has 0 spiro atoms. The molecule has 0 atom stereocenters. The summed E-state index contributed by atoms with van der Waals surface area (Å²) in [5.41, 5.74) is 3.74. The number of hydrogen-bond donors (Lipinski definition) is 3. The molecular formula is C22H33N5O2. The monoisotopic (exact) mass is 399 g/mol. The molecule has 1 fully saturated rings. The van der Waals surface area contributed by atoms with Crippen LogP contribution in [0.3, 0.4) is 0 Å². The first-order valence-corrected chi connectivity index (χ1v) is 10.6. The number of aromatic nitrogens is 1. The van der Waals surface area contributed by atoms with Crippen molar-refractivity contribution in [2.45, 2.75) is 46.1 Å². The molecule has 0 radical (unpaired) electrons. The smallest absolute Gasteiger partial charge is 0.409 e. The van der Waals surface area contributed by atoms with Gasteiger partial charge in [0.25, 0.3) is 0 Å². The SMILES string of the molecule is CCNC(=NCCc1c[nH]c2cc(C)ccc12)NC1CCN(C(=O)OCC)CC1. The Hall–Kier alpha value is -2.70. The Morgan fingerprint density at radius 2 is 2.10 bits per heavy atom. The van der Waals surface area contributed by atoms with Gasteiger partial charge in [0.15, 0.2) is 5.96 Å². The molecule has 1 aromatic carbocycles. The minimum atomic E-state index is -0.208. The van der Waals surface area contributed by atoms with Gasteiger partial charge in [-0.2, -0.15) is 0 Å². The van der Waals surface area contributed by atoms with Crippen molar-refractivity contribution in [3.05, 3.63) is 35.5 Å². The Morgan fingerprint density at radius 3 is 2.83 bits per heavy atom. The molecular weight excluding hydrogens is 366 g/mol. The molecule has 1 saturated heterocycles. The second kappa shape index (κ2) is 10.2. The molecule has 2 heterocycles. The van der Waals surface area contributed by atoms with Crippen LogP contribution < -0.4 is 10.6 Å². The molecule has 2 aromatic rings. The third kappa shape index (κ3) is 5.65. The van der Waals surface area contributed by atoms with Gasteiger partial charge in [-0.1, -0.05) is 12.1 Å². The first-order chi connectivity index (χ1) is 14.1. The Morgan fingerprint density at radius 1 is 1.31 bits per heavy atom. The van der Waals surface area contributed by atoms with E-state index in [2.05, 4.69) is 53.9 Å². The molecule has 1 aliphatic rings. The third-order valence-electron chi connectivity index (χ3n) is 5.28. The predicted octanol–water partition coefficient (Wildman–Crippen LogP) is 3.19. The second-order valence-corrected chi connectivity index (χ2v) is 7.48. The van der Waals surface area contributed by atoms with Crippen LogP contribution >= 0.6 is 0 Å². The standard InChI is InChI=1S/C22H33N5O2/c1-4-23-21(26-18-9-12-27(13-10-18)22(28)29-5-2)24-11-8-17-15-25-20-14-16(3)6-7-19(17)20/h6-7,14-15,18,25H,4-5,8-13H2,1-3H3,(H2,23,24,26). The van der Waals surface area contributed by atoms with Crippen molar-refractivity contribution < 1.29 is 9.53 Å². The number of aromatic amines is 1. The van der Waals surface area contributed by atoms with E-state index in [0.717, 1.165) is 38.3 Å². The molecule has 7 nitrogen and oxygen atoms in total. The first-order valence-electron chi connectivity index (χ1n) is 10.6. The molecule has 1 aliphatic heterocycles. The first kappa shape index (κ1) is 21.0. The van der Waals surface area contributed by atoms with E-state index >= 15 is 0 Å².